The number of carboxylic acid groups (broad SMARTS) is 1. The van der Waals surface area contributed by atoms with Crippen LogP contribution in [0.4, 0.5) is 0 Å². The third-order valence-electron chi connectivity index (χ3n) is 3.98. The second-order valence-corrected chi connectivity index (χ2v) is 6.32. The standard InChI is InChI=1S/C15H17NO2S/c17-15(18)11-5-3-4-10(8-9-11)14-16-12-6-1-2-7-13(12)19-14/h1-2,6-7,10-11H,3-5,8-9H2,(H,17,18). The number of rotatable bonds is 2. The average Bonchev–Trinajstić information content (AvgIpc) is 2.67. The minimum Gasteiger partial charge on any atom is -0.481 e. The summed E-state index contributed by atoms with van der Waals surface area (Å²) >= 11 is 1.76. The molecule has 1 N–H and O–H groups in total. The minimum absolute atomic E-state index is 0.153. The Bertz CT molecular complexity index is 560. The molecule has 1 heterocycles. The molecule has 0 radical (unpaired) electrons. The number of carboxylic acids is 1. The van der Waals surface area contributed by atoms with Crippen LogP contribution in [-0.4, -0.2) is 16.1 Å². The number of fused-ring (bicyclic) bond motifs is 1. The monoisotopic (exact) mass is 275 g/mol. The number of para-hydroxylation sites is 1. The number of thiazole rings is 1. The zero-order valence-electron chi connectivity index (χ0n) is 10.7. The lowest BCUT2D eigenvalue weighted by molar-refractivity contribution is -0.142. The molecule has 1 aromatic carbocycles. The van der Waals surface area contributed by atoms with Crippen molar-refractivity contribution < 1.29 is 9.90 Å². The zero-order chi connectivity index (χ0) is 13.2. The largest absolute Gasteiger partial charge is 0.481 e. The number of aromatic nitrogens is 1. The van der Waals surface area contributed by atoms with Crippen LogP contribution in [0, 0.1) is 5.92 Å². The first kappa shape index (κ1) is 12.6. The number of carbonyl (C=O) groups is 1. The van der Waals surface area contributed by atoms with Crippen LogP contribution in [-0.2, 0) is 4.79 Å². The predicted molar refractivity (Wildman–Crippen MR) is 76.6 cm³/mol. The van der Waals surface area contributed by atoms with E-state index in [1.165, 1.54) is 9.71 Å². The van der Waals surface area contributed by atoms with E-state index in [-0.39, 0.29) is 5.92 Å². The van der Waals surface area contributed by atoms with Crippen LogP contribution in [0.3, 0.4) is 0 Å². The molecule has 1 fully saturated rings. The summed E-state index contributed by atoms with van der Waals surface area (Å²) in [7, 11) is 0. The third kappa shape index (κ3) is 2.63. The lowest BCUT2D eigenvalue weighted by Crippen LogP contribution is -2.12. The second kappa shape index (κ2) is 5.29. The van der Waals surface area contributed by atoms with Crippen molar-refractivity contribution in [3.8, 4) is 0 Å². The van der Waals surface area contributed by atoms with Crippen LogP contribution in [0.2, 0.25) is 0 Å². The Labute approximate surface area is 116 Å². The zero-order valence-corrected chi connectivity index (χ0v) is 11.5. The highest BCUT2D eigenvalue weighted by Gasteiger charge is 2.25. The average molecular weight is 275 g/mol. The van der Waals surface area contributed by atoms with Gasteiger partial charge in [-0.15, -0.1) is 11.3 Å². The Morgan fingerprint density at radius 3 is 2.84 bits per heavy atom. The topological polar surface area (TPSA) is 50.2 Å². The summed E-state index contributed by atoms with van der Waals surface area (Å²) in [6.07, 6.45) is 4.63. The van der Waals surface area contributed by atoms with Gasteiger partial charge in [-0.1, -0.05) is 18.6 Å². The van der Waals surface area contributed by atoms with Gasteiger partial charge < -0.3 is 5.11 Å². The molecule has 4 heteroatoms. The fourth-order valence-corrected chi connectivity index (χ4v) is 4.00. The Balaban J connectivity index is 1.80. The molecule has 1 aliphatic rings. The van der Waals surface area contributed by atoms with Crippen LogP contribution in [0.25, 0.3) is 10.2 Å². The van der Waals surface area contributed by atoms with Crippen molar-refractivity contribution in [2.45, 2.75) is 38.0 Å². The molecule has 2 unspecified atom stereocenters. The summed E-state index contributed by atoms with van der Waals surface area (Å²) in [5, 5.41) is 10.3. The van der Waals surface area contributed by atoms with Gasteiger partial charge >= 0.3 is 5.97 Å². The fourth-order valence-electron chi connectivity index (χ4n) is 2.86. The third-order valence-corrected chi connectivity index (χ3v) is 5.18. The van der Waals surface area contributed by atoms with Crippen molar-refractivity contribution in [2.75, 3.05) is 0 Å². The number of benzene rings is 1. The minimum atomic E-state index is -0.634. The molecule has 2 atom stereocenters. The van der Waals surface area contributed by atoms with Crippen LogP contribution < -0.4 is 0 Å². The SMILES string of the molecule is O=C(O)C1CCCC(c2nc3ccccc3s2)CC1. The van der Waals surface area contributed by atoms with Gasteiger partial charge in [0, 0.05) is 5.92 Å². The van der Waals surface area contributed by atoms with Gasteiger partial charge in [0.25, 0.3) is 0 Å². The predicted octanol–water partition coefficient (Wildman–Crippen LogP) is 4.04. The van der Waals surface area contributed by atoms with Crippen molar-refractivity contribution in [2.24, 2.45) is 5.92 Å². The van der Waals surface area contributed by atoms with Gasteiger partial charge in [-0.2, -0.15) is 0 Å². The maximum Gasteiger partial charge on any atom is 0.306 e. The highest BCUT2D eigenvalue weighted by molar-refractivity contribution is 7.18. The molecule has 2 aromatic rings. The summed E-state index contributed by atoms with van der Waals surface area (Å²) in [6.45, 7) is 0. The maximum atomic E-state index is 11.1. The Morgan fingerprint density at radius 1 is 1.21 bits per heavy atom. The first-order valence-corrected chi connectivity index (χ1v) is 7.64. The van der Waals surface area contributed by atoms with Gasteiger partial charge in [0.2, 0.25) is 0 Å². The van der Waals surface area contributed by atoms with Gasteiger partial charge in [0.15, 0.2) is 0 Å². The number of nitrogens with zero attached hydrogens (tertiary/aromatic N) is 1. The van der Waals surface area contributed by atoms with Crippen molar-refractivity contribution in [3.63, 3.8) is 0 Å². The molecule has 0 amide bonds. The Kier molecular flexibility index (Phi) is 3.51. The highest BCUT2D eigenvalue weighted by Crippen LogP contribution is 2.37. The first-order valence-electron chi connectivity index (χ1n) is 6.82. The van der Waals surface area contributed by atoms with E-state index in [0.29, 0.717) is 5.92 Å². The highest BCUT2D eigenvalue weighted by atomic mass is 32.1. The lowest BCUT2D eigenvalue weighted by atomic mass is 9.99. The quantitative estimate of drug-likeness (QED) is 0.841. The van der Waals surface area contributed by atoms with Crippen LogP contribution in [0.5, 0.6) is 0 Å². The lowest BCUT2D eigenvalue weighted by Gasteiger charge is -2.10. The molecule has 0 bridgehead atoms. The van der Waals surface area contributed by atoms with E-state index in [2.05, 4.69) is 6.07 Å². The van der Waals surface area contributed by atoms with Crippen LogP contribution >= 0.6 is 11.3 Å². The summed E-state index contributed by atoms with van der Waals surface area (Å²) < 4.78 is 1.23. The van der Waals surface area contributed by atoms with Gasteiger partial charge in [-0.05, 0) is 37.8 Å². The van der Waals surface area contributed by atoms with Gasteiger partial charge in [0.05, 0.1) is 21.1 Å². The normalized spacial score (nSPS) is 24.2. The number of aliphatic carboxylic acids is 1. The molecular weight excluding hydrogens is 258 g/mol. The van der Waals surface area contributed by atoms with E-state index in [4.69, 9.17) is 10.1 Å². The Hall–Kier alpha value is -1.42. The van der Waals surface area contributed by atoms with Crippen molar-refractivity contribution in [1.82, 2.24) is 4.98 Å². The molecule has 3 rings (SSSR count). The molecule has 0 saturated heterocycles. The maximum absolute atomic E-state index is 11.1. The van der Waals surface area contributed by atoms with E-state index < -0.39 is 5.97 Å². The first-order chi connectivity index (χ1) is 9.24. The second-order valence-electron chi connectivity index (χ2n) is 5.26. The van der Waals surface area contributed by atoms with Gasteiger partial charge in [0.1, 0.15) is 0 Å². The van der Waals surface area contributed by atoms with E-state index in [0.717, 1.165) is 37.6 Å². The smallest absolute Gasteiger partial charge is 0.306 e. The van der Waals surface area contributed by atoms with Gasteiger partial charge in [-0.3, -0.25) is 4.79 Å². The fraction of sp³-hybridized carbons (Fsp3) is 0.467. The van der Waals surface area contributed by atoms with E-state index in [1.807, 2.05) is 18.2 Å². The molecule has 0 aliphatic heterocycles. The molecule has 1 aliphatic carbocycles. The summed E-state index contributed by atoms with van der Waals surface area (Å²) in [4.78, 5) is 15.8. The molecule has 100 valence electrons. The van der Waals surface area contributed by atoms with Crippen molar-refractivity contribution >= 4 is 27.5 Å². The molecule has 1 aromatic heterocycles. The van der Waals surface area contributed by atoms with E-state index in [1.54, 1.807) is 11.3 Å². The van der Waals surface area contributed by atoms with Crippen LogP contribution in [0.1, 0.15) is 43.0 Å². The summed E-state index contributed by atoms with van der Waals surface area (Å²) in [5.41, 5.74) is 1.07. The van der Waals surface area contributed by atoms with Crippen LogP contribution in [0.15, 0.2) is 24.3 Å². The molecule has 1 saturated carbocycles. The van der Waals surface area contributed by atoms with E-state index in [9.17, 15) is 4.79 Å². The Morgan fingerprint density at radius 2 is 2.05 bits per heavy atom. The summed E-state index contributed by atoms with van der Waals surface area (Å²) in [6, 6.07) is 8.20. The number of hydrogen-bond acceptors (Lipinski definition) is 3. The van der Waals surface area contributed by atoms with Crippen molar-refractivity contribution in [1.29, 1.82) is 0 Å². The molecule has 19 heavy (non-hydrogen) atoms. The molecule has 0 spiro atoms. The van der Waals surface area contributed by atoms with E-state index >= 15 is 0 Å². The molecule has 3 nitrogen and oxygen atoms in total. The summed E-state index contributed by atoms with van der Waals surface area (Å²) in [5.74, 6) is -0.342. The van der Waals surface area contributed by atoms with Crippen molar-refractivity contribution in [3.05, 3.63) is 29.3 Å². The molecular formula is C15H17NO2S. The van der Waals surface area contributed by atoms with Gasteiger partial charge in [-0.25, -0.2) is 4.98 Å². The number of hydrogen-bond donors (Lipinski definition) is 1.